The van der Waals surface area contributed by atoms with Crippen molar-refractivity contribution in [1.82, 2.24) is 0 Å². The van der Waals surface area contributed by atoms with E-state index in [0.717, 1.165) is 104 Å². The van der Waals surface area contributed by atoms with Crippen molar-refractivity contribution < 1.29 is 52.4 Å². The van der Waals surface area contributed by atoms with Crippen LogP contribution in [0.5, 0.6) is 0 Å². The minimum atomic E-state index is -1.36. The quantitative estimate of drug-likeness (QED) is 0.107. The van der Waals surface area contributed by atoms with E-state index in [1.807, 2.05) is 0 Å². The van der Waals surface area contributed by atoms with E-state index in [9.17, 15) is 0 Å². The van der Waals surface area contributed by atoms with Crippen LogP contribution in [0.25, 0.3) is 30.4 Å². The van der Waals surface area contributed by atoms with Crippen LogP contribution in [-0.4, -0.2) is 24.2 Å². The monoisotopic (exact) mass is 1510 g/mol. The zero-order chi connectivity index (χ0) is 60.3. The topological polar surface area (TPSA) is 0 Å². The molecular formula is C93H130Si3Zr2. The molecule has 0 nitrogen and oxygen atoms in total. The molecule has 18 unspecified atom stereocenters. The van der Waals surface area contributed by atoms with Crippen molar-refractivity contribution in [3.63, 3.8) is 0 Å². The summed E-state index contributed by atoms with van der Waals surface area (Å²) in [6.45, 7) is 20.3. The number of rotatable bonds is 8. The molecule has 12 aliphatic carbocycles. The van der Waals surface area contributed by atoms with Crippen molar-refractivity contribution in [1.29, 1.82) is 0 Å². The zero-order valence-corrected chi connectivity index (χ0v) is 72.0. The molecule has 0 amide bonds. The van der Waals surface area contributed by atoms with Crippen LogP contribution in [-0.2, 0) is 52.4 Å². The van der Waals surface area contributed by atoms with Crippen LogP contribution in [0, 0.1) is 101 Å². The first kappa shape index (κ1) is 87.1. The van der Waals surface area contributed by atoms with E-state index in [1.165, 1.54) is 123 Å². The van der Waals surface area contributed by atoms with Crippen molar-refractivity contribution >= 4 is 54.6 Å². The van der Waals surface area contributed by atoms with E-state index in [-0.39, 0.29) is 112 Å². The summed E-state index contributed by atoms with van der Waals surface area (Å²) in [6, 6.07) is 48.8. The average Bonchev–Trinajstić information content (AvgIpc) is 1.60. The molecule has 0 saturated heterocycles. The second-order valence-electron chi connectivity index (χ2n) is 31.6. The third-order valence-electron chi connectivity index (χ3n) is 27.3. The minimum Gasteiger partial charge on any atom is -0.358 e. The van der Waals surface area contributed by atoms with E-state index < -0.39 is 24.2 Å². The number of allylic oxidation sites excluding steroid dienone is 9. The maximum absolute atomic E-state index is 2.74. The smallest absolute Gasteiger partial charge is 0.358 e. The molecule has 0 aromatic heterocycles. The Hall–Kier alpha value is -3.30. The maximum atomic E-state index is 2.74. The van der Waals surface area contributed by atoms with Gasteiger partial charge in [-0.3, -0.25) is 0 Å². The van der Waals surface area contributed by atoms with Crippen molar-refractivity contribution in [2.24, 2.45) is 41.4 Å². The van der Waals surface area contributed by atoms with Crippen molar-refractivity contribution in [3.05, 3.63) is 291 Å². The fourth-order valence-electron chi connectivity index (χ4n) is 22.3. The van der Waals surface area contributed by atoms with E-state index >= 15 is 0 Å². The van der Waals surface area contributed by atoms with E-state index in [0.29, 0.717) is 0 Å². The summed E-state index contributed by atoms with van der Waals surface area (Å²) in [5, 5.41) is 0. The molecule has 6 saturated carbocycles. The van der Waals surface area contributed by atoms with Gasteiger partial charge in [-0.25, -0.2) is 0 Å². The number of hydrogen-bond acceptors (Lipinski definition) is 0. The van der Waals surface area contributed by atoms with Gasteiger partial charge in [0.15, 0.2) is 0 Å². The summed E-state index contributed by atoms with van der Waals surface area (Å²) in [6.07, 6.45) is 53.1. The minimum absolute atomic E-state index is 0. The van der Waals surface area contributed by atoms with Gasteiger partial charge in [0.05, 0.1) is 24.2 Å². The molecule has 98 heavy (non-hydrogen) atoms. The fraction of sp³-hybridized carbons (Fsp3) is 0.441. The van der Waals surface area contributed by atoms with Gasteiger partial charge >= 0.3 is 52.4 Å². The molecule has 0 spiro atoms. The Morgan fingerprint density at radius 1 is 0.296 bits per heavy atom. The first-order valence-electron chi connectivity index (χ1n) is 36.1. The van der Waals surface area contributed by atoms with Gasteiger partial charge in [-0.15, -0.1) is 0 Å². The summed E-state index contributed by atoms with van der Waals surface area (Å²) < 4.78 is 0. The molecule has 12 aliphatic rings. The molecular weight excluding hydrogens is 1380 g/mol. The second-order valence-corrected chi connectivity index (χ2v) is 47.6. The summed E-state index contributed by atoms with van der Waals surface area (Å²) in [5.74, 6) is 9.52. The molecule has 0 aliphatic heterocycles. The summed E-state index contributed by atoms with van der Waals surface area (Å²) in [5.41, 5.74) is 21.5. The van der Waals surface area contributed by atoms with Crippen LogP contribution in [0.15, 0.2) is 176 Å². The third kappa shape index (κ3) is 16.3. The molecule has 0 radical (unpaired) electrons. The van der Waals surface area contributed by atoms with Crippen LogP contribution < -0.4 is 0 Å². The third-order valence-corrected chi connectivity index (χ3v) is 44.4. The molecule has 5 aromatic rings. The molecule has 0 N–H and O–H groups in total. The normalized spacial score (nSPS) is 30.6. The summed E-state index contributed by atoms with van der Waals surface area (Å²) in [7, 11) is -3.96. The SMILES string of the molecule is CCC.CC[Si](CC)(C1CC2C=Cc3ccccc3C2C1)C1CC2C=Cc3ccccc3C2C1.C[Si](C)(C1CC2C=Cc3ccccc3C2C1)C1CC2C=Cc3ccccc3C2C1.C[Si](C)(C1CC2C=Cc3ccccc3C2C1)C1CCC2C=CC=CC21.[CH3-].[CH3-].[CH3-].[CH3-].[CH3-].[CH3-].[CH3-].[CH3-].[Zr+4].[Zr+4]. The van der Waals surface area contributed by atoms with Crippen molar-refractivity contribution in [2.75, 3.05) is 0 Å². The molecule has 522 valence electrons. The molecule has 0 heterocycles. The predicted octanol–water partition coefficient (Wildman–Crippen LogP) is 28.4. The van der Waals surface area contributed by atoms with Gasteiger partial charge in [0.2, 0.25) is 0 Å². The van der Waals surface area contributed by atoms with Gasteiger partial charge in [0.25, 0.3) is 0 Å². The van der Waals surface area contributed by atoms with Crippen LogP contribution in [0.4, 0.5) is 0 Å². The van der Waals surface area contributed by atoms with Crippen molar-refractivity contribution in [3.8, 4) is 0 Å². The second kappa shape index (κ2) is 36.9. The van der Waals surface area contributed by atoms with Gasteiger partial charge in [0.1, 0.15) is 0 Å². The predicted molar refractivity (Wildman–Crippen MR) is 441 cm³/mol. The first-order chi connectivity index (χ1) is 42.9. The maximum Gasteiger partial charge on any atom is 4.00 e. The Labute approximate surface area is 645 Å². The van der Waals surface area contributed by atoms with Gasteiger partial charge in [-0.2, -0.15) is 0 Å². The summed E-state index contributed by atoms with van der Waals surface area (Å²) in [4.78, 5) is 0. The largest absolute Gasteiger partial charge is 4.00 e. The van der Waals surface area contributed by atoms with Gasteiger partial charge in [-0.1, -0.05) is 285 Å². The molecule has 6 fully saturated rings. The van der Waals surface area contributed by atoms with Crippen LogP contribution in [0.3, 0.4) is 0 Å². The Balaban J connectivity index is 0.000000293. The Morgan fingerprint density at radius 2 is 0.551 bits per heavy atom. The molecule has 0 bridgehead atoms. The average molecular weight is 1510 g/mol. The van der Waals surface area contributed by atoms with Crippen LogP contribution in [0.2, 0.25) is 71.5 Å². The Morgan fingerprint density at radius 3 is 0.847 bits per heavy atom. The standard InChI is InChI=1S/C30H36Si.C28H32Si.C24H30Si.C3H8.8CH3.2Zr/c1-3-31(4-2,25-17-23-15-13-21-9-5-7-11-27(21)29(23)19-25)26-18-24-16-14-22-10-6-8-12-28(22)30(24)20-26;1-29(2,23-15-21-13-11-19-7-3-5-9-25(19)27(21)17-23)24-16-22-14-12-20-8-4-6-10-26(20)28(22)18-24;1-25(2,24-14-13-18-8-4-6-10-22(18)24)20-15-19-12-11-17-7-3-5-9-21(17)23(19)16-20;1-3-2;;;;;;;;;;/h5-16,23-26,29-30H,3-4,17-20H2,1-2H3;3-14,21-24,27-28H,15-18H2,1-2H3;3-12,18-20,22-24H,13-16H2,1-2H3;3H2,1-2H3;8*1H3;;/q;;;;8*-1;2*+4. The number of benzene rings is 5. The zero-order valence-electron chi connectivity index (χ0n) is 64.1. The fourth-order valence-corrected chi connectivity index (χ4v) is 37.5. The first-order valence-corrected chi connectivity index (χ1v) is 45.0. The van der Waals surface area contributed by atoms with E-state index in [4.69, 9.17) is 0 Å². The molecule has 17 rings (SSSR count). The Kier molecular flexibility index (Phi) is 32.8. The molecule has 18 atom stereocenters. The van der Waals surface area contributed by atoms with E-state index in [2.05, 4.69) is 260 Å². The van der Waals surface area contributed by atoms with Gasteiger partial charge in [0, 0.05) is 0 Å². The molecule has 5 aromatic carbocycles. The number of hydrogen-bond donors (Lipinski definition) is 0. The van der Waals surface area contributed by atoms with E-state index in [1.54, 1.807) is 27.8 Å². The van der Waals surface area contributed by atoms with Crippen molar-refractivity contribution in [2.45, 2.75) is 212 Å². The van der Waals surface area contributed by atoms with Crippen LogP contribution in [0.1, 0.15) is 196 Å². The van der Waals surface area contributed by atoms with Crippen LogP contribution >= 0.6 is 0 Å². The molecule has 5 heteroatoms. The van der Waals surface area contributed by atoms with Gasteiger partial charge in [-0.05, 0) is 231 Å². The Bertz CT molecular complexity index is 3370. The summed E-state index contributed by atoms with van der Waals surface area (Å²) >= 11 is 0. The van der Waals surface area contributed by atoms with Gasteiger partial charge < -0.3 is 59.4 Å². The number of fused-ring (bicyclic) bond motifs is 16.